The Hall–Kier alpha value is 0. The van der Waals surface area contributed by atoms with Crippen molar-refractivity contribution in [2.75, 3.05) is 0 Å². The summed E-state index contributed by atoms with van der Waals surface area (Å²) in [7, 11) is 0. The average Bonchev–Trinajstić information content (AvgIpc) is 2.19. The maximum atomic E-state index is 2.55. The van der Waals surface area contributed by atoms with Crippen molar-refractivity contribution in [1.82, 2.24) is 0 Å². The molecule has 0 spiro atoms. The maximum Gasteiger partial charge on any atom is -0.0321 e. The second kappa shape index (κ2) is 2.63. The van der Waals surface area contributed by atoms with Gasteiger partial charge in [-0.25, -0.2) is 0 Å². The summed E-state index contributed by atoms with van der Waals surface area (Å²) in [5.41, 5.74) is 0. The van der Waals surface area contributed by atoms with E-state index in [1.807, 2.05) is 0 Å². The van der Waals surface area contributed by atoms with Gasteiger partial charge in [0.25, 0.3) is 0 Å². The van der Waals surface area contributed by atoms with Crippen molar-refractivity contribution in [2.45, 2.75) is 40.0 Å². The molecular weight excluding hydrogens is 180 g/mol. The third kappa shape index (κ3) is 0.875. The third-order valence-corrected chi connectivity index (χ3v) is 7.04. The van der Waals surface area contributed by atoms with Gasteiger partial charge in [0.05, 0.1) is 0 Å². The Kier molecular flexibility index (Phi) is 1.59. The molecule has 0 N–H and O–H groups in total. The highest BCUT2D eigenvalue weighted by Gasteiger charge is 2.64. The second-order valence-electron chi connectivity index (χ2n) is 7.33. The standard InChI is InChI=1S/C15H24/c1-7-4-12-10(7)6-13(12)15-9(3)11-5-8(2)14(11)15/h7-15H,4-6H2,1-3H3. The van der Waals surface area contributed by atoms with E-state index in [2.05, 4.69) is 20.8 Å². The molecule has 84 valence electrons. The monoisotopic (exact) mass is 204 g/mol. The van der Waals surface area contributed by atoms with Crippen LogP contribution >= 0.6 is 0 Å². The maximum absolute atomic E-state index is 2.55. The molecule has 0 radical (unpaired) electrons. The summed E-state index contributed by atoms with van der Waals surface area (Å²) in [6.45, 7) is 7.52. The molecule has 9 atom stereocenters. The summed E-state index contributed by atoms with van der Waals surface area (Å²) in [5, 5.41) is 0. The molecule has 0 heteroatoms. The van der Waals surface area contributed by atoms with Gasteiger partial charge in [0.1, 0.15) is 0 Å². The van der Waals surface area contributed by atoms with Crippen LogP contribution in [0.4, 0.5) is 0 Å². The fourth-order valence-corrected chi connectivity index (χ4v) is 6.01. The Morgan fingerprint density at radius 2 is 1.33 bits per heavy atom. The molecule has 9 unspecified atom stereocenters. The molecule has 4 aliphatic carbocycles. The van der Waals surface area contributed by atoms with Crippen LogP contribution in [0, 0.1) is 53.3 Å². The van der Waals surface area contributed by atoms with Crippen LogP contribution in [-0.2, 0) is 0 Å². The van der Waals surface area contributed by atoms with Crippen LogP contribution in [-0.4, -0.2) is 0 Å². The van der Waals surface area contributed by atoms with Gasteiger partial charge in [0.15, 0.2) is 0 Å². The molecule has 0 aliphatic heterocycles. The minimum absolute atomic E-state index is 1.08. The van der Waals surface area contributed by atoms with Crippen molar-refractivity contribution in [3.8, 4) is 0 Å². The van der Waals surface area contributed by atoms with Gasteiger partial charge < -0.3 is 0 Å². The SMILES string of the molecule is CC1CC2C1CC2C1C(C)C2CC(C)C21. The first kappa shape index (κ1) is 9.07. The van der Waals surface area contributed by atoms with E-state index in [4.69, 9.17) is 0 Å². The Morgan fingerprint density at radius 1 is 0.600 bits per heavy atom. The summed E-state index contributed by atoms with van der Waals surface area (Å²) in [6, 6.07) is 0. The molecular formula is C15H24. The van der Waals surface area contributed by atoms with Crippen molar-refractivity contribution in [1.29, 1.82) is 0 Å². The Morgan fingerprint density at radius 3 is 1.87 bits per heavy atom. The van der Waals surface area contributed by atoms with Crippen LogP contribution in [0.2, 0.25) is 0 Å². The summed E-state index contributed by atoms with van der Waals surface area (Å²) in [5.74, 6) is 10.2. The topological polar surface area (TPSA) is 0 Å². The van der Waals surface area contributed by atoms with Crippen LogP contribution in [0.25, 0.3) is 0 Å². The molecule has 4 saturated carbocycles. The summed E-state index contributed by atoms with van der Waals surface area (Å²) in [6.07, 6.45) is 4.74. The number of hydrogen-bond donors (Lipinski definition) is 0. The molecule has 4 fully saturated rings. The van der Waals surface area contributed by atoms with E-state index in [9.17, 15) is 0 Å². The molecule has 4 rings (SSSR count). The van der Waals surface area contributed by atoms with E-state index < -0.39 is 0 Å². The lowest BCUT2D eigenvalue weighted by atomic mass is 9.34. The van der Waals surface area contributed by atoms with Gasteiger partial charge in [-0.1, -0.05) is 20.8 Å². The highest BCUT2D eigenvalue weighted by atomic mass is 14.7. The molecule has 0 heterocycles. The Bertz CT molecular complexity index is 294. The molecule has 0 aromatic carbocycles. The van der Waals surface area contributed by atoms with Gasteiger partial charge in [-0.05, 0) is 72.5 Å². The summed E-state index contributed by atoms with van der Waals surface area (Å²) < 4.78 is 0. The van der Waals surface area contributed by atoms with E-state index in [0.717, 1.165) is 35.5 Å². The van der Waals surface area contributed by atoms with Gasteiger partial charge in [0.2, 0.25) is 0 Å². The highest BCUT2D eigenvalue weighted by Crippen LogP contribution is 2.70. The van der Waals surface area contributed by atoms with Crippen LogP contribution in [0.1, 0.15) is 40.0 Å². The molecule has 15 heavy (non-hydrogen) atoms. The zero-order valence-corrected chi connectivity index (χ0v) is 10.3. The molecule has 4 aliphatic rings. The molecule has 0 saturated heterocycles. The lowest BCUT2D eigenvalue weighted by Crippen LogP contribution is -2.65. The van der Waals surface area contributed by atoms with E-state index in [0.29, 0.717) is 0 Å². The van der Waals surface area contributed by atoms with Crippen LogP contribution < -0.4 is 0 Å². The minimum Gasteiger partial charge on any atom is -0.0622 e. The summed E-state index contributed by atoms with van der Waals surface area (Å²) >= 11 is 0. The van der Waals surface area contributed by atoms with Crippen molar-refractivity contribution >= 4 is 0 Å². The number of hydrogen-bond acceptors (Lipinski definition) is 0. The molecule has 0 bridgehead atoms. The van der Waals surface area contributed by atoms with Gasteiger partial charge in [-0.2, -0.15) is 0 Å². The number of fused-ring (bicyclic) bond motifs is 2. The zero-order chi connectivity index (χ0) is 10.3. The quantitative estimate of drug-likeness (QED) is 0.609. The van der Waals surface area contributed by atoms with E-state index in [1.165, 1.54) is 17.8 Å². The van der Waals surface area contributed by atoms with Gasteiger partial charge in [-0.15, -0.1) is 0 Å². The molecule has 0 aromatic rings. The molecule has 0 nitrogen and oxygen atoms in total. The smallest absolute Gasteiger partial charge is 0.0321 e. The lowest BCUT2D eigenvalue weighted by Gasteiger charge is -2.71. The van der Waals surface area contributed by atoms with E-state index in [-0.39, 0.29) is 0 Å². The predicted octanol–water partition coefficient (Wildman–Crippen LogP) is 3.82. The summed E-state index contributed by atoms with van der Waals surface area (Å²) in [4.78, 5) is 0. The number of rotatable bonds is 1. The highest BCUT2D eigenvalue weighted by molar-refractivity contribution is 5.12. The van der Waals surface area contributed by atoms with Crippen molar-refractivity contribution in [3.05, 3.63) is 0 Å². The van der Waals surface area contributed by atoms with Crippen molar-refractivity contribution in [3.63, 3.8) is 0 Å². The van der Waals surface area contributed by atoms with Gasteiger partial charge in [-0.3, -0.25) is 0 Å². The van der Waals surface area contributed by atoms with E-state index >= 15 is 0 Å². The molecule has 0 aromatic heterocycles. The first-order chi connectivity index (χ1) is 7.18. The lowest BCUT2D eigenvalue weighted by molar-refractivity contribution is -0.225. The van der Waals surface area contributed by atoms with E-state index in [1.54, 1.807) is 19.3 Å². The third-order valence-electron chi connectivity index (χ3n) is 7.04. The van der Waals surface area contributed by atoms with Crippen molar-refractivity contribution < 1.29 is 0 Å². The minimum atomic E-state index is 1.08. The fourth-order valence-electron chi connectivity index (χ4n) is 6.01. The largest absolute Gasteiger partial charge is 0.0622 e. The first-order valence-electron chi connectivity index (χ1n) is 7.18. The first-order valence-corrected chi connectivity index (χ1v) is 7.18. The van der Waals surface area contributed by atoms with Crippen LogP contribution in [0.15, 0.2) is 0 Å². The zero-order valence-electron chi connectivity index (χ0n) is 10.3. The predicted molar refractivity (Wildman–Crippen MR) is 62.3 cm³/mol. The second-order valence-corrected chi connectivity index (χ2v) is 7.33. The van der Waals surface area contributed by atoms with Gasteiger partial charge in [0, 0.05) is 0 Å². The van der Waals surface area contributed by atoms with Gasteiger partial charge >= 0.3 is 0 Å². The Balaban J connectivity index is 1.47. The van der Waals surface area contributed by atoms with Crippen LogP contribution in [0.3, 0.4) is 0 Å². The average molecular weight is 204 g/mol. The van der Waals surface area contributed by atoms with Crippen molar-refractivity contribution in [2.24, 2.45) is 53.3 Å². The van der Waals surface area contributed by atoms with Crippen LogP contribution in [0.5, 0.6) is 0 Å². The normalized spacial score (nSPS) is 70.2. The Labute approximate surface area is 93.8 Å². The molecule has 0 amide bonds. The fraction of sp³-hybridized carbons (Fsp3) is 1.00.